The Labute approximate surface area is 119 Å². The summed E-state index contributed by atoms with van der Waals surface area (Å²) in [4.78, 5) is 13.5. The highest BCUT2D eigenvalue weighted by molar-refractivity contribution is 7.98. The molecule has 2 rings (SSSR count). The zero-order valence-electron chi connectivity index (χ0n) is 11.6. The van der Waals surface area contributed by atoms with Gasteiger partial charge in [-0.25, -0.2) is 0 Å². The van der Waals surface area contributed by atoms with Crippen molar-refractivity contribution in [3.63, 3.8) is 0 Å². The van der Waals surface area contributed by atoms with E-state index in [1.54, 1.807) is 11.8 Å². The average molecular weight is 278 g/mol. The van der Waals surface area contributed by atoms with Crippen LogP contribution < -0.4 is 11.1 Å². The fraction of sp³-hybridized carbons (Fsp3) is 0.533. The van der Waals surface area contributed by atoms with E-state index in [9.17, 15) is 4.79 Å². The van der Waals surface area contributed by atoms with E-state index in [1.807, 2.05) is 30.5 Å². The van der Waals surface area contributed by atoms with Gasteiger partial charge in [-0.05, 0) is 49.3 Å². The molecule has 1 aliphatic carbocycles. The van der Waals surface area contributed by atoms with Crippen molar-refractivity contribution in [1.29, 1.82) is 0 Å². The van der Waals surface area contributed by atoms with Gasteiger partial charge in [0.1, 0.15) is 0 Å². The fourth-order valence-electron chi connectivity index (χ4n) is 2.73. The molecule has 0 saturated heterocycles. The molecule has 1 aromatic rings. The largest absolute Gasteiger partial charge is 0.324 e. The van der Waals surface area contributed by atoms with Crippen molar-refractivity contribution in [2.45, 2.75) is 43.0 Å². The number of amides is 1. The Morgan fingerprint density at radius 1 is 1.42 bits per heavy atom. The molecule has 4 heteroatoms. The summed E-state index contributed by atoms with van der Waals surface area (Å²) in [5, 5.41) is 2.95. The molecule has 1 fully saturated rings. The van der Waals surface area contributed by atoms with Crippen LogP contribution in [0.1, 0.15) is 32.6 Å². The van der Waals surface area contributed by atoms with Crippen molar-refractivity contribution in [1.82, 2.24) is 0 Å². The van der Waals surface area contributed by atoms with Crippen LogP contribution in [0.3, 0.4) is 0 Å². The summed E-state index contributed by atoms with van der Waals surface area (Å²) >= 11 is 1.69. The van der Waals surface area contributed by atoms with Gasteiger partial charge in [-0.3, -0.25) is 4.79 Å². The van der Waals surface area contributed by atoms with E-state index >= 15 is 0 Å². The van der Waals surface area contributed by atoms with Gasteiger partial charge >= 0.3 is 0 Å². The van der Waals surface area contributed by atoms with Gasteiger partial charge in [0.15, 0.2) is 0 Å². The van der Waals surface area contributed by atoms with Crippen LogP contribution in [0.2, 0.25) is 0 Å². The number of carbonyl (C=O) groups is 1. The van der Waals surface area contributed by atoms with Crippen molar-refractivity contribution in [3.05, 3.63) is 24.3 Å². The number of thioether (sulfide) groups is 1. The zero-order chi connectivity index (χ0) is 13.9. The predicted molar refractivity (Wildman–Crippen MR) is 81.4 cm³/mol. The van der Waals surface area contributed by atoms with Crippen molar-refractivity contribution < 1.29 is 4.79 Å². The maximum absolute atomic E-state index is 12.3. The third kappa shape index (κ3) is 3.51. The quantitative estimate of drug-likeness (QED) is 0.834. The van der Waals surface area contributed by atoms with Gasteiger partial charge < -0.3 is 11.1 Å². The predicted octanol–water partition coefficient (Wildman–Crippen LogP) is 3.25. The SMILES string of the molecule is CSc1ccc(NC(=O)C2(N)CCCC(C)C2)cc1. The minimum absolute atomic E-state index is 0.0454. The van der Waals surface area contributed by atoms with Gasteiger partial charge in [0.25, 0.3) is 0 Å². The van der Waals surface area contributed by atoms with Crippen LogP contribution in [-0.2, 0) is 4.79 Å². The van der Waals surface area contributed by atoms with E-state index in [0.29, 0.717) is 5.92 Å². The van der Waals surface area contributed by atoms with E-state index in [-0.39, 0.29) is 5.91 Å². The Kier molecular flexibility index (Phi) is 4.53. The first-order valence-corrected chi connectivity index (χ1v) is 8.00. The Hall–Kier alpha value is -1.00. The highest BCUT2D eigenvalue weighted by Crippen LogP contribution is 2.31. The summed E-state index contributed by atoms with van der Waals surface area (Å²) in [5.41, 5.74) is 6.41. The van der Waals surface area contributed by atoms with Crippen LogP contribution in [0.25, 0.3) is 0 Å². The molecule has 2 atom stereocenters. The molecule has 3 nitrogen and oxygen atoms in total. The Morgan fingerprint density at radius 3 is 2.68 bits per heavy atom. The number of benzene rings is 1. The maximum atomic E-state index is 12.3. The maximum Gasteiger partial charge on any atom is 0.244 e. The van der Waals surface area contributed by atoms with Crippen molar-refractivity contribution in [3.8, 4) is 0 Å². The van der Waals surface area contributed by atoms with E-state index in [2.05, 4.69) is 12.2 Å². The second-order valence-corrected chi connectivity index (χ2v) is 6.42. The third-order valence-electron chi connectivity index (χ3n) is 3.83. The van der Waals surface area contributed by atoms with Gasteiger partial charge in [0.05, 0.1) is 5.54 Å². The molecule has 104 valence electrons. The molecule has 2 unspecified atom stereocenters. The third-order valence-corrected chi connectivity index (χ3v) is 4.58. The number of rotatable bonds is 3. The highest BCUT2D eigenvalue weighted by Gasteiger charge is 2.37. The lowest BCUT2D eigenvalue weighted by Gasteiger charge is -2.35. The van der Waals surface area contributed by atoms with Crippen molar-refractivity contribution in [2.75, 3.05) is 11.6 Å². The summed E-state index contributed by atoms with van der Waals surface area (Å²) in [6.45, 7) is 2.17. The molecule has 0 radical (unpaired) electrons. The number of carbonyl (C=O) groups excluding carboxylic acids is 1. The van der Waals surface area contributed by atoms with Crippen LogP contribution in [0.4, 0.5) is 5.69 Å². The summed E-state index contributed by atoms with van der Waals surface area (Å²) in [6, 6.07) is 7.87. The van der Waals surface area contributed by atoms with Crippen LogP contribution in [0, 0.1) is 5.92 Å². The van der Waals surface area contributed by atoms with E-state index in [1.165, 1.54) is 11.3 Å². The van der Waals surface area contributed by atoms with Crippen LogP contribution in [0.5, 0.6) is 0 Å². The lowest BCUT2D eigenvalue weighted by molar-refractivity contribution is -0.122. The van der Waals surface area contributed by atoms with Gasteiger partial charge in [0.2, 0.25) is 5.91 Å². The molecular weight excluding hydrogens is 256 g/mol. The van der Waals surface area contributed by atoms with Crippen molar-refractivity contribution in [2.24, 2.45) is 11.7 Å². The van der Waals surface area contributed by atoms with Crippen molar-refractivity contribution >= 4 is 23.4 Å². The highest BCUT2D eigenvalue weighted by atomic mass is 32.2. The van der Waals surface area contributed by atoms with E-state index in [4.69, 9.17) is 5.73 Å². The number of nitrogens with one attached hydrogen (secondary N) is 1. The van der Waals surface area contributed by atoms with Crippen LogP contribution in [0.15, 0.2) is 29.2 Å². The lowest BCUT2D eigenvalue weighted by Crippen LogP contribution is -2.53. The summed E-state index contributed by atoms with van der Waals surface area (Å²) in [5.74, 6) is 0.485. The van der Waals surface area contributed by atoms with Gasteiger partial charge in [-0.15, -0.1) is 11.8 Å². The van der Waals surface area contributed by atoms with Gasteiger partial charge in [-0.2, -0.15) is 0 Å². The smallest absolute Gasteiger partial charge is 0.244 e. The van der Waals surface area contributed by atoms with E-state index in [0.717, 1.165) is 24.9 Å². The molecule has 1 amide bonds. The second kappa shape index (κ2) is 5.97. The molecule has 0 heterocycles. The monoisotopic (exact) mass is 278 g/mol. The number of hydrogen-bond acceptors (Lipinski definition) is 3. The molecule has 3 N–H and O–H groups in total. The number of anilines is 1. The first kappa shape index (κ1) is 14.4. The number of nitrogens with two attached hydrogens (primary N) is 1. The molecular formula is C15H22N2OS. The Morgan fingerprint density at radius 2 is 2.11 bits per heavy atom. The minimum Gasteiger partial charge on any atom is -0.324 e. The first-order chi connectivity index (χ1) is 9.03. The number of hydrogen-bond donors (Lipinski definition) is 2. The van der Waals surface area contributed by atoms with Gasteiger partial charge in [-0.1, -0.05) is 19.8 Å². The Bertz CT molecular complexity index is 446. The fourth-order valence-corrected chi connectivity index (χ4v) is 3.14. The molecule has 1 aliphatic rings. The zero-order valence-corrected chi connectivity index (χ0v) is 12.4. The minimum atomic E-state index is -0.699. The van der Waals surface area contributed by atoms with Crippen LogP contribution >= 0.6 is 11.8 Å². The molecule has 1 aromatic carbocycles. The van der Waals surface area contributed by atoms with Crippen LogP contribution in [-0.4, -0.2) is 17.7 Å². The Balaban J connectivity index is 2.03. The van der Waals surface area contributed by atoms with E-state index < -0.39 is 5.54 Å². The first-order valence-electron chi connectivity index (χ1n) is 6.78. The molecule has 0 aromatic heterocycles. The standard InChI is InChI=1S/C15H22N2OS/c1-11-4-3-9-15(16,10-11)14(18)17-12-5-7-13(19-2)8-6-12/h5-8,11H,3-4,9-10,16H2,1-2H3,(H,17,18). The molecule has 0 aliphatic heterocycles. The summed E-state index contributed by atoms with van der Waals surface area (Å²) < 4.78 is 0. The summed E-state index contributed by atoms with van der Waals surface area (Å²) in [6.07, 6.45) is 5.81. The topological polar surface area (TPSA) is 55.1 Å². The lowest BCUT2D eigenvalue weighted by atomic mass is 9.76. The molecule has 0 bridgehead atoms. The molecule has 1 saturated carbocycles. The van der Waals surface area contributed by atoms with Gasteiger partial charge in [0, 0.05) is 10.6 Å². The molecule has 19 heavy (non-hydrogen) atoms. The normalized spacial score (nSPS) is 27.0. The molecule has 0 spiro atoms. The second-order valence-electron chi connectivity index (χ2n) is 5.54. The average Bonchev–Trinajstić information content (AvgIpc) is 2.39. The summed E-state index contributed by atoms with van der Waals surface area (Å²) in [7, 11) is 0.